The second-order valence-electron chi connectivity index (χ2n) is 8.78. The topological polar surface area (TPSA) is 0 Å². The largest absolute Gasteiger partial charge is 0.0620 e. The average Bonchev–Trinajstić information content (AvgIpc) is 2.68. The SMILES string of the molecule is CC1(c2ccc(C3=Cc4ccccc4CC3)cc2)CC2CCC1CC2. The van der Waals surface area contributed by atoms with Gasteiger partial charge >= 0.3 is 0 Å². The Bertz CT molecular complexity index is 802. The standard InChI is InChI=1S/C25H28/c1-25(17-18-6-12-23(25)13-7-18)24-14-10-20(11-15-24)22-9-8-19-4-2-3-5-21(19)16-22/h2-5,10-11,14-16,18,23H,6-9,12-13,17H2,1H3. The van der Waals surface area contributed by atoms with E-state index in [0.29, 0.717) is 5.41 Å². The molecule has 0 nitrogen and oxygen atoms in total. The molecule has 4 aliphatic rings. The predicted octanol–water partition coefficient (Wildman–Crippen LogP) is 6.64. The molecule has 6 rings (SSSR count). The molecular formula is C25H28. The van der Waals surface area contributed by atoms with Gasteiger partial charge in [0, 0.05) is 0 Å². The van der Waals surface area contributed by atoms with Gasteiger partial charge in [-0.25, -0.2) is 0 Å². The summed E-state index contributed by atoms with van der Waals surface area (Å²) in [4.78, 5) is 0. The van der Waals surface area contributed by atoms with Gasteiger partial charge in [-0.05, 0) is 77.2 Å². The first kappa shape index (κ1) is 15.4. The molecule has 4 aliphatic carbocycles. The summed E-state index contributed by atoms with van der Waals surface area (Å²) >= 11 is 0. The van der Waals surface area contributed by atoms with Crippen molar-refractivity contribution in [3.63, 3.8) is 0 Å². The summed E-state index contributed by atoms with van der Waals surface area (Å²) in [5, 5.41) is 0. The van der Waals surface area contributed by atoms with E-state index in [2.05, 4.69) is 61.5 Å². The van der Waals surface area contributed by atoms with Crippen molar-refractivity contribution in [2.75, 3.05) is 0 Å². The summed E-state index contributed by atoms with van der Waals surface area (Å²) in [7, 11) is 0. The molecule has 0 heteroatoms. The summed E-state index contributed by atoms with van der Waals surface area (Å²) in [6.45, 7) is 2.54. The van der Waals surface area contributed by atoms with Crippen molar-refractivity contribution >= 4 is 11.6 Å². The summed E-state index contributed by atoms with van der Waals surface area (Å²) in [6.07, 6.45) is 12.0. The van der Waals surface area contributed by atoms with E-state index in [-0.39, 0.29) is 0 Å². The maximum Gasteiger partial charge on any atom is -0.00444 e. The minimum Gasteiger partial charge on any atom is -0.0620 e. The third kappa shape index (κ3) is 2.58. The lowest BCUT2D eigenvalue weighted by atomic mass is 9.54. The zero-order valence-corrected chi connectivity index (χ0v) is 15.3. The van der Waals surface area contributed by atoms with Crippen LogP contribution in [0.4, 0.5) is 0 Å². The second-order valence-corrected chi connectivity index (χ2v) is 8.78. The highest BCUT2D eigenvalue weighted by Crippen LogP contribution is 2.53. The number of hydrogen-bond acceptors (Lipinski definition) is 0. The quantitative estimate of drug-likeness (QED) is 0.579. The molecule has 3 saturated carbocycles. The fourth-order valence-electron chi connectivity index (χ4n) is 5.85. The minimum atomic E-state index is 0.424. The Morgan fingerprint density at radius 3 is 2.32 bits per heavy atom. The van der Waals surface area contributed by atoms with Gasteiger partial charge in [0.05, 0.1) is 0 Å². The van der Waals surface area contributed by atoms with Crippen molar-refractivity contribution in [2.45, 2.75) is 57.3 Å². The molecule has 0 radical (unpaired) electrons. The van der Waals surface area contributed by atoms with E-state index < -0.39 is 0 Å². The number of fused-ring (bicyclic) bond motifs is 4. The van der Waals surface area contributed by atoms with Crippen LogP contribution in [0.5, 0.6) is 0 Å². The zero-order valence-electron chi connectivity index (χ0n) is 15.3. The lowest BCUT2D eigenvalue weighted by Gasteiger charge is -2.50. The molecule has 3 fully saturated rings. The molecular weight excluding hydrogens is 300 g/mol. The molecule has 0 heterocycles. The number of aryl methyl sites for hydroxylation is 1. The van der Waals surface area contributed by atoms with Crippen molar-refractivity contribution < 1.29 is 0 Å². The molecule has 0 amide bonds. The Hall–Kier alpha value is -1.82. The van der Waals surface area contributed by atoms with Gasteiger partial charge in [-0.2, -0.15) is 0 Å². The Kier molecular flexibility index (Phi) is 3.62. The van der Waals surface area contributed by atoms with Crippen LogP contribution in [-0.4, -0.2) is 0 Å². The summed E-state index contributed by atoms with van der Waals surface area (Å²) in [5.74, 6) is 1.89. The van der Waals surface area contributed by atoms with Gasteiger partial charge in [0.1, 0.15) is 0 Å². The predicted molar refractivity (Wildman–Crippen MR) is 106 cm³/mol. The van der Waals surface area contributed by atoms with Gasteiger partial charge in [0.15, 0.2) is 0 Å². The smallest absolute Gasteiger partial charge is 0.00444 e. The van der Waals surface area contributed by atoms with Gasteiger partial charge in [-0.15, -0.1) is 0 Å². The molecule has 0 aromatic heterocycles. The molecule has 1 unspecified atom stereocenters. The minimum absolute atomic E-state index is 0.424. The van der Waals surface area contributed by atoms with Crippen LogP contribution >= 0.6 is 0 Å². The van der Waals surface area contributed by atoms with Gasteiger partial charge < -0.3 is 0 Å². The van der Waals surface area contributed by atoms with Gasteiger partial charge in [0.2, 0.25) is 0 Å². The zero-order chi connectivity index (χ0) is 16.9. The van der Waals surface area contributed by atoms with Crippen LogP contribution in [0.3, 0.4) is 0 Å². The van der Waals surface area contributed by atoms with Crippen molar-refractivity contribution in [1.82, 2.24) is 0 Å². The maximum absolute atomic E-state index is 2.54. The Morgan fingerprint density at radius 1 is 0.840 bits per heavy atom. The van der Waals surface area contributed by atoms with E-state index in [0.717, 1.165) is 11.8 Å². The second kappa shape index (κ2) is 5.87. The molecule has 0 N–H and O–H groups in total. The van der Waals surface area contributed by atoms with Crippen LogP contribution in [-0.2, 0) is 11.8 Å². The highest BCUT2D eigenvalue weighted by Gasteiger charge is 2.44. The Morgan fingerprint density at radius 2 is 1.60 bits per heavy atom. The third-order valence-corrected chi connectivity index (χ3v) is 7.42. The van der Waals surface area contributed by atoms with Gasteiger partial charge in [-0.3, -0.25) is 0 Å². The summed E-state index contributed by atoms with van der Waals surface area (Å²) in [6, 6.07) is 18.5. The first-order valence-corrected chi connectivity index (χ1v) is 10.1. The maximum atomic E-state index is 2.54. The van der Waals surface area contributed by atoms with Crippen LogP contribution in [0.1, 0.15) is 67.7 Å². The molecule has 2 aromatic carbocycles. The summed E-state index contributed by atoms with van der Waals surface area (Å²) < 4.78 is 0. The lowest BCUT2D eigenvalue weighted by molar-refractivity contribution is 0.0772. The lowest BCUT2D eigenvalue weighted by Crippen LogP contribution is -2.42. The fraction of sp³-hybridized carbons (Fsp3) is 0.440. The van der Waals surface area contributed by atoms with Crippen molar-refractivity contribution in [1.29, 1.82) is 0 Å². The molecule has 0 aliphatic heterocycles. The summed E-state index contributed by atoms with van der Waals surface area (Å²) in [5.41, 5.74) is 7.83. The Labute approximate surface area is 152 Å². The van der Waals surface area contributed by atoms with E-state index in [1.165, 1.54) is 67.2 Å². The van der Waals surface area contributed by atoms with Crippen molar-refractivity contribution in [2.24, 2.45) is 11.8 Å². The van der Waals surface area contributed by atoms with E-state index in [1.807, 2.05) is 0 Å². The van der Waals surface area contributed by atoms with E-state index in [1.54, 1.807) is 5.56 Å². The number of rotatable bonds is 2. The molecule has 25 heavy (non-hydrogen) atoms. The third-order valence-electron chi connectivity index (χ3n) is 7.42. The fourth-order valence-corrected chi connectivity index (χ4v) is 5.85. The van der Waals surface area contributed by atoms with Crippen LogP contribution in [0.15, 0.2) is 48.5 Å². The monoisotopic (exact) mass is 328 g/mol. The number of allylic oxidation sites excluding steroid dienone is 1. The van der Waals surface area contributed by atoms with E-state index in [9.17, 15) is 0 Å². The number of hydrogen-bond donors (Lipinski definition) is 0. The molecule has 0 spiro atoms. The average molecular weight is 328 g/mol. The first-order chi connectivity index (χ1) is 12.2. The molecule has 2 aromatic rings. The molecule has 1 atom stereocenters. The van der Waals surface area contributed by atoms with Crippen LogP contribution in [0, 0.1) is 11.8 Å². The number of benzene rings is 2. The van der Waals surface area contributed by atoms with Crippen LogP contribution in [0.2, 0.25) is 0 Å². The first-order valence-electron chi connectivity index (χ1n) is 10.1. The molecule has 0 saturated heterocycles. The normalized spacial score (nSPS) is 30.7. The highest BCUT2D eigenvalue weighted by atomic mass is 14.5. The van der Waals surface area contributed by atoms with E-state index >= 15 is 0 Å². The van der Waals surface area contributed by atoms with Gasteiger partial charge in [-0.1, -0.05) is 74.4 Å². The molecule has 128 valence electrons. The van der Waals surface area contributed by atoms with Gasteiger partial charge in [0.25, 0.3) is 0 Å². The van der Waals surface area contributed by atoms with Crippen molar-refractivity contribution in [3.8, 4) is 0 Å². The van der Waals surface area contributed by atoms with Crippen LogP contribution < -0.4 is 0 Å². The van der Waals surface area contributed by atoms with Crippen molar-refractivity contribution in [3.05, 3.63) is 70.8 Å². The van der Waals surface area contributed by atoms with Crippen LogP contribution in [0.25, 0.3) is 11.6 Å². The molecule has 2 bridgehead atoms. The highest BCUT2D eigenvalue weighted by molar-refractivity contribution is 5.84. The van der Waals surface area contributed by atoms with E-state index in [4.69, 9.17) is 0 Å². The Balaban J connectivity index is 1.44.